The highest BCUT2D eigenvalue weighted by atomic mass is 19.1. The van der Waals surface area contributed by atoms with Crippen molar-refractivity contribution >= 4 is 22.7 Å². The summed E-state index contributed by atoms with van der Waals surface area (Å²) >= 11 is 0. The highest BCUT2D eigenvalue weighted by molar-refractivity contribution is 5.74. The van der Waals surface area contributed by atoms with Crippen LogP contribution in [0.2, 0.25) is 0 Å². The average molecular weight is 491 g/mol. The van der Waals surface area contributed by atoms with E-state index in [0.29, 0.717) is 63.0 Å². The minimum atomic E-state index is -0.681. The number of hydrogen-bond donors (Lipinski definition) is 1. The number of ether oxygens (including phenoxy) is 3. The van der Waals surface area contributed by atoms with Crippen LogP contribution >= 0.6 is 0 Å². The van der Waals surface area contributed by atoms with Gasteiger partial charge in [0, 0.05) is 58.6 Å². The van der Waals surface area contributed by atoms with E-state index in [0.717, 1.165) is 12.8 Å². The standard InChI is InChI=1S/C23H28F2N6O4/c1-33-10-11-35-16-12-18(24)20(19(25)13-16)29-4-6-30(7-5-29)23-27-21-17(22(32)28-23)14-26-31(21)15-2-8-34-9-3-15/h12-15H,2-11H2,1H3,(H,27,28,32). The Morgan fingerprint density at radius 3 is 2.46 bits per heavy atom. The SMILES string of the molecule is COCCOc1cc(F)c(N2CCN(c3nc4c(cnn4C4CCOCC4)c(=O)[nH]3)CC2)c(F)c1. The zero-order chi connectivity index (χ0) is 24.4. The number of methoxy groups -OCH3 is 1. The number of H-pyrrole nitrogens is 1. The number of piperazine rings is 1. The highest BCUT2D eigenvalue weighted by Gasteiger charge is 2.26. The number of rotatable bonds is 7. The average Bonchev–Trinajstić information content (AvgIpc) is 3.29. The van der Waals surface area contributed by atoms with Gasteiger partial charge in [-0.15, -0.1) is 0 Å². The normalized spacial score (nSPS) is 17.3. The van der Waals surface area contributed by atoms with Crippen molar-refractivity contribution in [3.8, 4) is 5.75 Å². The van der Waals surface area contributed by atoms with Crippen LogP contribution in [0.3, 0.4) is 0 Å². The Bertz CT molecular complexity index is 1210. The molecule has 0 amide bonds. The molecule has 5 rings (SSSR count). The molecule has 0 saturated carbocycles. The second-order valence-corrected chi connectivity index (χ2v) is 8.61. The van der Waals surface area contributed by atoms with Crippen LogP contribution in [0.5, 0.6) is 5.75 Å². The Kier molecular flexibility index (Phi) is 6.82. The minimum absolute atomic E-state index is 0.0850. The molecule has 4 heterocycles. The first-order valence-electron chi connectivity index (χ1n) is 11.7. The molecule has 2 aromatic heterocycles. The van der Waals surface area contributed by atoms with E-state index >= 15 is 0 Å². The number of nitrogens with one attached hydrogen (secondary N) is 1. The van der Waals surface area contributed by atoms with Crippen LogP contribution in [0.15, 0.2) is 23.1 Å². The maximum atomic E-state index is 14.8. The largest absolute Gasteiger partial charge is 0.491 e. The summed E-state index contributed by atoms with van der Waals surface area (Å²) in [5, 5.41) is 4.86. The number of aromatic nitrogens is 4. The third-order valence-corrected chi connectivity index (χ3v) is 6.43. The molecular weight excluding hydrogens is 462 g/mol. The van der Waals surface area contributed by atoms with Crippen molar-refractivity contribution in [2.45, 2.75) is 18.9 Å². The Morgan fingerprint density at radius 2 is 1.77 bits per heavy atom. The lowest BCUT2D eigenvalue weighted by Crippen LogP contribution is -2.48. The third-order valence-electron chi connectivity index (χ3n) is 6.43. The maximum Gasteiger partial charge on any atom is 0.263 e. The molecule has 0 unspecified atom stereocenters. The van der Waals surface area contributed by atoms with Crippen LogP contribution in [-0.2, 0) is 9.47 Å². The number of hydrogen-bond acceptors (Lipinski definition) is 8. The van der Waals surface area contributed by atoms with Crippen LogP contribution in [0.1, 0.15) is 18.9 Å². The van der Waals surface area contributed by atoms with Crippen LogP contribution in [0.25, 0.3) is 11.0 Å². The quantitative estimate of drug-likeness (QED) is 0.503. The van der Waals surface area contributed by atoms with Gasteiger partial charge in [0.05, 0.1) is 18.8 Å². The van der Waals surface area contributed by atoms with Crippen LogP contribution in [-0.4, -0.2) is 79.5 Å². The van der Waals surface area contributed by atoms with Crippen molar-refractivity contribution in [1.82, 2.24) is 19.7 Å². The summed E-state index contributed by atoms with van der Waals surface area (Å²) in [6.07, 6.45) is 3.17. The minimum Gasteiger partial charge on any atom is -0.491 e. The molecule has 2 aliphatic heterocycles. The van der Waals surface area contributed by atoms with Gasteiger partial charge in [-0.3, -0.25) is 9.78 Å². The fourth-order valence-corrected chi connectivity index (χ4v) is 4.58. The topological polar surface area (TPSA) is 97.7 Å². The van der Waals surface area contributed by atoms with Crippen LogP contribution in [0, 0.1) is 11.6 Å². The number of anilines is 2. The van der Waals surface area contributed by atoms with Crippen LogP contribution < -0.4 is 20.1 Å². The Balaban J connectivity index is 1.31. The smallest absolute Gasteiger partial charge is 0.263 e. The van der Waals surface area contributed by atoms with Crippen LogP contribution in [0.4, 0.5) is 20.4 Å². The number of benzene rings is 1. The van der Waals surface area contributed by atoms with E-state index in [4.69, 9.17) is 19.2 Å². The Morgan fingerprint density at radius 1 is 1.09 bits per heavy atom. The third kappa shape index (κ3) is 4.80. The van der Waals surface area contributed by atoms with Gasteiger partial charge >= 0.3 is 0 Å². The van der Waals surface area contributed by atoms with Crippen molar-refractivity contribution in [3.63, 3.8) is 0 Å². The molecular formula is C23H28F2N6O4. The first-order chi connectivity index (χ1) is 17.0. The summed E-state index contributed by atoms with van der Waals surface area (Å²) in [5.41, 5.74) is 0.198. The van der Waals surface area contributed by atoms with Crippen molar-refractivity contribution in [2.24, 2.45) is 0 Å². The molecule has 2 fully saturated rings. The molecule has 12 heteroatoms. The van der Waals surface area contributed by atoms with E-state index < -0.39 is 11.6 Å². The van der Waals surface area contributed by atoms with Crippen molar-refractivity contribution in [2.75, 3.05) is 69.5 Å². The van der Waals surface area contributed by atoms with Gasteiger partial charge in [-0.25, -0.2) is 13.5 Å². The van der Waals surface area contributed by atoms with Gasteiger partial charge in [0.15, 0.2) is 17.3 Å². The van der Waals surface area contributed by atoms with Crippen molar-refractivity contribution in [3.05, 3.63) is 40.3 Å². The second-order valence-electron chi connectivity index (χ2n) is 8.61. The predicted octanol–water partition coefficient (Wildman–Crippen LogP) is 2.10. The number of fused-ring (bicyclic) bond motifs is 1. The van der Waals surface area contributed by atoms with Gasteiger partial charge in [0.25, 0.3) is 5.56 Å². The van der Waals surface area contributed by atoms with E-state index in [1.807, 2.05) is 9.58 Å². The molecule has 10 nitrogen and oxygen atoms in total. The van der Waals surface area contributed by atoms with E-state index in [1.54, 1.807) is 11.1 Å². The Hall–Kier alpha value is -3.25. The summed E-state index contributed by atoms with van der Waals surface area (Å²) in [4.78, 5) is 23.8. The van der Waals surface area contributed by atoms with Gasteiger partial charge in [-0.2, -0.15) is 10.1 Å². The summed E-state index contributed by atoms with van der Waals surface area (Å²) in [6.45, 7) is 3.42. The fraction of sp³-hybridized carbons (Fsp3) is 0.522. The van der Waals surface area contributed by atoms with Gasteiger partial charge < -0.3 is 24.0 Å². The molecule has 1 aromatic carbocycles. The number of nitrogens with zero attached hydrogens (tertiary/aromatic N) is 5. The molecule has 188 valence electrons. The maximum absolute atomic E-state index is 14.8. The van der Waals surface area contributed by atoms with E-state index in [9.17, 15) is 13.6 Å². The Labute approximate surface area is 200 Å². The van der Waals surface area contributed by atoms with Gasteiger partial charge in [0.2, 0.25) is 5.95 Å². The highest BCUT2D eigenvalue weighted by Crippen LogP contribution is 2.30. The van der Waals surface area contributed by atoms with Crippen molar-refractivity contribution in [1.29, 1.82) is 0 Å². The van der Waals surface area contributed by atoms with Gasteiger partial charge in [0.1, 0.15) is 23.4 Å². The molecule has 0 spiro atoms. The molecule has 35 heavy (non-hydrogen) atoms. The lowest BCUT2D eigenvalue weighted by molar-refractivity contribution is 0.0673. The monoisotopic (exact) mass is 490 g/mol. The summed E-state index contributed by atoms with van der Waals surface area (Å²) in [7, 11) is 1.52. The molecule has 0 bridgehead atoms. The molecule has 2 aliphatic rings. The van der Waals surface area contributed by atoms with E-state index in [2.05, 4.69) is 10.1 Å². The summed E-state index contributed by atoms with van der Waals surface area (Å²) < 4.78 is 47.0. The zero-order valence-electron chi connectivity index (χ0n) is 19.5. The zero-order valence-corrected chi connectivity index (χ0v) is 19.5. The molecule has 2 saturated heterocycles. The number of aromatic amines is 1. The molecule has 0 aliphatic carbocycles. The fourth-order valence-electron chi connectivity index (χ4n) is 4.58. The van der Waals surface area contributed by atoms with Gasteiger partial charge in [-0.1, -0.05) is 0 Å². The molecule has 0 atom stereocenters. The predicted molar refractivity (Wildman–Crippen MR) is 125 cm³/mol. The number of halogens is 2. The van der Waals surface area contributed by atoms with Crippen molar-refractivity contribution < 1.29 is 23.0 Å². The molecule has 0 radical (unpaired) electrons. The summed E-state index contributed by atoms with van der Waals surface area (Å²) in [5.74, 6) is -0.812. The second kappa shape index (κ2) is 10.2. The van der Waals surface area contributed by atoms with E-state index in [1.165, 1.54) is 19.2 Å². The lowest BCUT2D eigenvalue weighted by atomic mass is 10.1. The first-order valence-corrected chi connectivity index (χ1v) is 11.7. The van der Waals surface area contributed by atoms with E-state index in [-0.39, 0.29) is 29.6 Å². The molecule has 1 N–H and O–H groups in total. The summed E-state index contributed by atoms with van der Waals surface area (Å²) in [6, 6.07) is 2.50. The molecule has 3 aromatic rings. The lowest BCUT2D eigenvalue weighted by Gasteiger charge is -2.36. The first kappa shape index (κ1) is 23.5. The van der Waals surface area contributed by atoms with Gasteiger partial charge in [-0.05, 0) is 12.8 Å².